The van der Waals surface area contributed by atoms with Crippen molar-refractivity contribution in [2.75, 3.05) is 24.6 Å². The molecule has 4 nitrogen and oxygen atoms in total. The summed E-state index contributed by atoms with van der Waals surface area (Å²) in [6, 6.07) is 7.76. The molecule has 0 aliphatic carbocycles. The maximum absolute atomic E-state index is 11.3. The third kappa shape index (κ3) is 3.52. The molecule has 1 aromatic carbocycles. The van der Waals surface area contributed by atoms with Crippen molar-refractivity contribution in [2.24, 2.45) is 0 Å². The summed E-state index contributed by atoms with van der Waals surface area (Å²) < 4.78 is 22.6. The fourth-order valence-electron chi connectivity index (χ4n) is 1.99. The summed E-state index contributed by atoms with van der Waals surface area (Å²) in [6.07, 6.45) is 0. The van der Waals surface area contributed by atoms with Gasteiger partial charge in [0.1, 0.15) is 0 Å². The number of aliphatic hydroxyl groups is 1. The average Bonchev–Trinajstić information content (AvgIpc) is 2.32. The lowest BCUT2D eigenvalue weighted by Crippen LogP contribution is -2.39. The minimum Gasteiger partial charge on any atom is -0.392 e. The van der Waals surface area contributed by atoms with Crippen LogP contribution < -0.4 is 0 Å². The number of rotatable bonds is 3. The Morgan fingerprint density at radius 1 is 1.18 bits per heavy atom. The number of aliphatic hydroxyl groups excluding tert-OH is 1. The number of hydrogen-bond donors (Lipinski definition) is 1. The second-order valence-corrected chi connectivity index (χ2v) is 6.71. The van der Waals surface area contributed by atoms with E-state index in [0.717, 1.165) is 17.7 Å². The SMILES string of the molecule is O=S1(=O)CCN(Cc2cccc(CO)c2)CC1. The van der Waals surface area contributed by atoms with E-state index < -0.39 is 9.84 Å². The van der Waals surface area contributed by atoms with E-state index in [0.29, 0.717) is 13.1 Å². The van der Waals surface area contributed by atoms with Crippen LogP contribution in [0.4, 0.5) is 0 Å². The highest BCUT2D eigenvalue weighted by Gasteiger charge is 2.21. The van der Waals surface area contributed by atoms with Gasteiger partial charge in [-0.05, 0) is 11.1 Å². The predicted molar refractivity (Wildman–Crippen MR) is 66.3 cm³/mol. The monoisotopic (exact) mass is 255 g/mol. The summed E-state index contributed by atoms with van der Waals surface area (Å²) in [5.74, 6) is 0.513. The van der Waals surface area contributed by atoms with E-state index in [1.54, 1.807) is 0 Å². The number of sulfone groups is 1. The van der Waals surface area contributed by atoms with Gasteiger partial charge < -0.3 is 5.11 Å². The summed E-state index contributed by atoms with van der Waals surface area (Å²) in [6.45, 7) is 2.00. The molecule has 0 atom stereocenters. The Morgan fingerprint density at radius 3 is 2.47 bits per heavy atom. The Bertz CT molecular complexity index is 470. The van der Waals surface area contributed by atoms with Gasteiger partial charge in [0, 0.05) is 19.6 Å². The third-order valence-corrected chi connectivity index (χ3v) is 4.63. The Labute approximate surface area is 102 Å². The van der Waals surface area contributed by atoms with Crippen LogP contribution in [0.1, 0.15) is 11.1 Å². The Hall–Kier alpha value is -0.910. The van der Waals surface area contributed by atoms with Gasteiger partial charge in [-0.1, -0.05) is 24.3 Å². The van der Waals surface area contributed by atoms with Gasteiger partial charge in [-0.2, -0.15) is 0 Å². The molecule has 94 valence electrons. The van der Waals surface area contributed by atoms with Crippen molar-refractivity contribution in [1.82, 2.24) is 4.90 Å². The molecule has 1 aliphatic heterocycles. The number of nitrogens with zero attached hydrogens (tertiary/aromatic N) is 1. The van der Waals surface area contributed by atoms with Gasteiger partial charge in [-0.15, -0.1) is 0 Å². The van der Waals surface area contributed by atoms with Crippen LogP contribution in [-0.2, 0) is 23.0 Å². The first-order valence-corrected chi connectivity index (χ1v) is 7.53. The van der Waals surface area contributed by atoms with Gasteiger partial charge in [0.15, 0.2) is 9.84 Å². The first-order valence-electron chi connectivity index (χ1n) is 5.70. The molecule has 0 unspecified atom stereocenters. The molecule has 1 aromatic rings. The van der Waals surface area contributed by atoms with Crippen LogP contribution in [0.3, 0.4) is 0 Å². The molecule has 1 N–H and O–H groups in total. The minimum absolute atomic E-state index is 0.0439. The smallest absolute Gasteiger partial charge is 0.152 e. The Morgan fingerprint density at radius 2 is 1.82 bits per heavy atom. The maximum atomic E-state index is 11.3. The van der Waals surface area contributed by atoms with Crippen LogP contribution in [0.25, 0.3) is 0 Å². The molecule has 0 radical (unpaired) electrons. The Balaban J connectivity index is 1.97. The van der Waals surface area contributed by atoms with Crippen LogP contribution in [0, 0.1) is 0 Å². The van der Waals surface area contributed by atoms with Gasteiger partial charge in [0.05, 0.1) is 18.1 Å². The molecular weight excluding hydrogens is 238 g/mol. The lowest BCUT2D eigenvalue weighted by Gasteiger charge is -2.26. The molecule has 0 spiro atoms. The molecule has 17 heavy (non-hydrogen) atoms. The van der Waals surface area contributed by atoms with Crippen molar-refractivity contribution < 1.29 is 13.5 Å². The van der Waals surface area contributed by atoms with Crippen molar-refractivity contribution in [2.45, 2.75) is 13.2 Å². The fourth-order valence-corrected chi connectivity index (χ4v) is 3.27. The number of benzene rings is 1. The van der Waals surface area contributed by atoms with Crippen molar-refractivity contribution in [3.05, 3.63) is 35.4 Å². The minimum atomic E-state index is -2.80. The van der Waals surface area contributed by atoms with Crippen LogP contribution in [0.5, 0.6) is 0 Å². The third-order valence-electron chi connectivity index (χ3n) is 3.02. The highest BCUT2D eigenvalue weighted by Crippen LogP contribution is 2.11. The number of hydrogen-bond acceptors (Lipinski definition) is 4. The second-order valence-electron chi connectivity index (χ2n) is 4.41. The van der Waals surface area contributed by atoms with Crippen molar-refractivity contribution in [1.29, 1.82) is 0 Å². The molecule has 0 aromatic heterocycles. The lowest BCUT2D eigenvalue weighted by atomic mass is 10.1. The largest absolute Gasteiger partial charge is 0.392 e. The fraction of sp³-hybridized carbons (Fsp3) is 0.500. The van der Waals surface area contributed by atoms with Crippen LogP contribution in [0.2, 0.25) is 0 Å². The van der Waals surface area contributed by atoms with Crippen molar-refractivity contribution in [3.63, 3.8) is 0 Å². The van der Waals surface area contributed by atoms with Gasteiger partial charge >= 0.3 is 0 Å². The maximum Gasteiger partial charge on any atom is 0.152 e. The van der Waals surface area contributed by atoms with E-state index in [1.165, 1.54) is 0 Å². The molecule has 0 bridgehead atoms. The zero-order chi connectivity index (χ0) is 12.3. The lowest BCUT2D eigenvalue weighted by molar-refractivity contribution is 0.278. The highest BCUT2D eigenvalue weighted by molar-refractivity contribution is 7.91. The molecule has 1 aliphatic rings. The van der Waals surface area contributed by atoms with E-state index in [9.17, 15) is 8.42 Å². The summed E-state index contributed by atoms with van der Waals surface area (Å²) in [5.41, 5.74) is 2.02. The summed E-state index contributed by atoms with van der Waals surface area (Å²) >= 11 is 0. The van der Waals surface area contributed by atoms with Gasteiger partial charge in [0.2, 0.25) is 0 Å². The summed E-state index contributed by atoms with van der Waals surface area (Å²) in [4.78, 5) is 2.14. The quantitative estimate of drug-likeness (QED) is 0.850. The second kappa shape index (κ2) is 5.16. The first-order chi connectivity index (χ1) is 8.09. The van der Waals surface area contributed by atoms with Crippen molar-refractivity contribution in [3.8, 4) is 0 Å². The molecule has 0 amide bonds. The van der Waals surface area contributed by atoms with E-state index >= 15 is 0 Å². The van der Waals surface area contributed by atoms with Gasteiger partial charge in [0.25, 0.3) is 0 Å². The summed E-state index contributed by atoms with van der Waals surface area (Å²) in [5, 5.41) is 9.04. The van der Waals surface area contributed by atoms with Gasteiger partial charge in [-0.3, -0.25) is 4.90 Å². The topological polar surface area (TPSA) is 57.6 Å². The molecule has 2 rings (SSSR count). The molecule has 1 saturated heterocycles. The van der Waals surface area contributed by atoms with E-state index in [4.69, 9.17) is 5.11 Å². The molecule has 1 fully saturated rings. The van der Waals surface area contributed by atoms with Crippen LogP contribution >= 0.6 is 0 Å². The van der Waals surface area contributed by atoms with E-state index in [2.05, 4.69) is 4.90 Å². The molecule has 0 saturated carbocycles. The average molecular weight is 255 g/mol. The zero-order valence-corrected chi connectivity index (χ0v) is 10.5. The Kier molecular flexibility index (Phi) is 3.81. The van der Waals surface area contributed by atoms with Crippen LogP contribution in [0.15, 0.2) is 24.3 Å². The van der Waals surface area contributed by atoms with Gasteiger partial charge in [-0.25, -0.2) is 8.42 Å². The molecular formula is C12H17NO3S. The highest BCUT2D eigenvalue weighted by atomic mass is 32.2. The predicted octanol–water partition coefficient (Wildman–Crippen LogP) is 0.409. The normalized spacial score (nSPS) is 20.3. The molecule has 5 heteroatoms. The van der Waals surface area contributed by atoms with E-state index in [-0.39, 0.29) is 18.1 Å². The summed E-state index contributed by atoms with van der Waals surface area (Å²) in [7, 11) is -2.80. The van der Waals surface area contributed by atoms with Crippen LogP contribution in [-0.4, -0.2) is 43.0 Å². The molecule has 1 heterocycles. The van der Waals surface area contributed by atoms with E-state index in [1.807, 2.05) is 24.3 Å². The van der Waals surface area contributed by atoms with Crippen molar-refractivity contribution >= 4 is 9.84 Å². The first kappa shape index (κ1) is 12.5. The standard InChI is InChI=1S/C12H17NO3S/c14-10-12-3-1-2-11(8-12)9-13-4-6-17(15,16)7-5-13/h1-3,8,14H,4-7,9-10H2. The zero-order valence-electron chi connectivity index (χ0n) is 9.67.